The first-order valence-electron chi connectivity index (χ1n) is 6.95. The van der Waals surface area contributed by atoms with Gasteiger partial charge in [-0.05, 0) is 31.9 Å². The lowest BCUT2D eigenvalue weighted by atomic mass is 10.1. The third-order valence-corrected chi connectivity index (χ3v) is 3.73. The van der Waals surface area contributed by atoms with E-state index in [1.54, 1.807) is 0 Å². The summed E-state index contributed by atoms with van der Waals surface area (Å²) in [6.45, 7) is 4.75. The highest BCUT2D eigenvalue weighted by atomic mass is 35.5. The lowest BCUT2D eigenvalue weighted by Gasteiger charge is -2.22. The second kappa shape index (κ2) is 8.25. The van der Waals surface area contributed by atoms with Crippen LogP contribution in [0.3, 0.4) is 0 Å². The first kappa shape index (κ1) is 17.0. The van der Waals surface area contributed by atoms with Crippen LogP contribution in [0.5, 0.6) is 0 Å². The quantitative estimate of drug-likeness (QED) is 0.865. The van der Waals surface area contributed by atoms with Crippen LogP contribution in [-0.4, -0.2) is 36.5 Å². The van der Waals surface area contributed by atoms with Crippen molar-refractivity contribution in [2.45, 2.75) is 32.4 Å². The Bertz CT molecular complexity index is 422. The van der Waals surface area contributed by atoms with E-state index in [2.05, 4.69) is 29.3 Å². The molecule has 3 N–H and O–H groups in total. The molecule has 1 saturated heterocycles. The van der Waals surface area contributed by atoms with Gasteiger partial charge in [-0.3, -0.25) is 9.69 Å². The third-order valence-electron chi connectivity index (χ3n) is 3.73. The summed E-state index contributed by atoms with van der Waals surface area (Å²) in [5.41, 5.74) is 8.07. The Morgan fingerprint density at radius 1 is 1.40 bits per heavy atom. The fourth-order valence-electron chi connectivity index (χ4n) is 2.52. The molecule has 1 aromatic rings. The molecule has 0 aromatic heterocycles. The molecule has 5 heteroatoms. The molecule has 1 aromatic carbocycles. The van der Waals surface area contributed by atoms with E-state index in [1.807, 2.05) is 12.1 Å². The van der Waals surface area contributed by atoms with Crippen LogP contribution >= 0.6 is 12.4 Å². The van der Waals surface area contributed by atoms with Gasteiger partial charge in [-0.2, -0.15) is 0 Å². The molecular weight excluding hydrogens is 274 g/mol. The number of nitrogens with one attached hydrogen (secondary N) is 1. The first-order chi connectivity index (χ1) is 9.19. The zero-order valence-corrected chi connectivity index (χ0v) is 12.8. The zero-order valence-electron chi connectivity index (χ0n) is 12.0. The summed E-state index contributed by atoms with van der Waals surface area (Å²) in [6.07, 6.45) is 2.26. The number of carbonyl (C=O) groups excluding carboxylic acids is 1. The van der Waals surface area contributed by atoms with Gasteiger partial charge in [0, 0.05) is 19.1 Å². The molecule has 0 radical (unpaired) electrons. The molecule has 1 heterocycles. The summed E-state index contributed by atoms with van der Waals surface area (Å²) in [6, 6.07) is 8.60. The minimum Gasteiger partial charge on any atom is -0.351 e. The Labute approximate surface area is 127 Å². The standard InChI is InChI=1S/C15H23N3O.ClH/c1-12-4-6-13(7-5-12)10-17-15(19)11-18-8-2-3-14(18)9-16;/h4-7,14H,2-3,8-11,16H2,1H3,(H,17,19);1H. The number of benzene rings is 1. The van der Waals surface area contributed by atoms with Gasteiger partial charge in [-0.25, -0.2) is 0 Å². The Kier molecular flexibility index (Phi) is 6.99. The van der Waals surface area contributed by atoms with E-state index in [1.165, 1.54) is 5.56 Å². The van der Waals surface area contributed by atoms with Gasteiger partial charge in [-0.1, -0.05) is 29.8 Å². The average Bonchev–Trinajstić information content (AvgIpc) is 2.85. The molecule has 1 fully saturated rings. The van der Waals surface area contributed by atoms with E-state index >= 15 is 0 Å². The SMILES string of the molecule is Cc1ccc(CNC(=O)CN2CCCC2CN)cc1.Cl. The average molecular weight is 298 g/mol. The van der Waals surface area contributed by atoms with Crippen LogP contribution in [0.25, 0.3) is 0 Å². The predicted octanol–water partition coefficient (Wildman–Crippen LogP) is 1.46. The van der Waals surface area contributed by atoms with Crippen LogP contribution in [0.2, 0.25) is 0 Å². The monoisotopic (exact) mass is 297 g/mol. The number of nitrogens with zero attached hydrogens (tertiary/aromatic N) is 1. The minimum atomic E-state index is 0. The lowest BCUT2D eigenvalue weighted by Crippen LogP contribution is -2.42. The summed E-state index contributed by atoms with van der Waals surface area (Å²) in [7, 11) is 0. The van der Waals surface area contributed by atoms with E-state index in [4.69, 9.17) is 5.73 Å². The largest absolute Gasteiger partial charge is 0.351 e. The van der Waals surface area contributed by atoms with Gasteiger partial charge in [0.25, 0.3) is 0 Å². The van der Waals surface area contributed by atoms with Gasteiger partial charge in [0.05, 0.1) is 6.54 Å². The fraction of sp³-hybridized carbons (Fsp3) is 0.533. The van der Waals surface area contributed by atoms with Crippen LogP contribution in [0.1, 0.15) is 24.0 Å². The number of aryl methyl sites for hydroxylation is 1. The number of amides is 1. The van der Waals surface area contributed by atoms with Crippen molar-refractivity contribution in [1.29, 1.82) is 0 Å². The van der Waals surface area contributed by atoms with Gasteiger partial charge in [0.1, 0.15) is 0 Å². The van der Waals surface area contributed by atoms with Crippen LogP contribution in [0, 0.1) is 6.92 Å². The Hall–Kier alpha value is -1.10. The number of hydrogen-bond donors (Lipinski definition) is 2. The van der Waals surface area contributed by atoms with Crippen molar-refractivity contribution in [3.8, 4) is 0 Å². The molecule has 20 heavy (non-hydrogen) atoms. The molecule has 1 amide bonds. The normalized spacial score (nSPS) is 18.6. The molecule has 0 aliphatic carbocycles. The molecule has 0 spiro atoms. The van der Waals surface area contributed by atoms with Crippen molar-refractivity contribution in [2.75, 3.05) is 19.6 Å². The molecule has 0 bridgehead atoms. The van der Waals surface area contributed by atoms with Crippen LogP contribution in [0.15, 0.2) is 24.3 Å². The topological polar surface area (TPSA) is 58.4 Å². The van der Waals surface area contributed by atoms with Crippen LogP contribution < -0.4 is 11.1 Å². The first-order valence-corrected chi connectivity index (χ1v) is 6.95. The van der Waals surface area contributed by atoms with Crippen molar-refractivity contribution in [1.82, 2.24) is 10.2 Å². The highest BCUT2D eigenvalue weighted by Gasteiger charge is 2.24. The Balaban J connectivity index is 0.00000200. The number of halogens is 1. The second-order valence-corrected chi connectivity index (χ2v) is 5.26. The summed E-state index contributed by atoms with van der Waals surface area (Å²) < 4.78 is 0. The number of likely N-dealkylation sites (tertiary alicyclic amines) is 1. The third kappa shape index (κ3) is 4.78. The minimum absolute atomic E-state index is 0. The lowest BCUT2D eigenvalue weighted by molar-refractivity contribution is -0.122. The number of rotatable bonds is 5. The van der Waals surface area contributed by atoms with E-state index in [0.29, 0.717) is 25.7 Å². The maximum atomic E-state index is 11.9. The summed E-state index contributed by atoms with van der Waals surface area (Å²) in [4.78, 5) is 14.1. The van der Waals surface area contributed by atoms with Crippen LogP contribution in [-0.2, 0) is 11.3 Å². The molecule has 1 aliphatic rings. The van der Waals surface area contributed by atoms with Crippen molar-refractivity contribution in [3.05, 3.63) is 35.4 Å². The number of carbonyl (C=O) groups is 1. The van der Waals surface area contributed by atoms with Crippen molar-refractivity contribution >= 4 is 18.3 Å². The van der Waals surface area contributed by atoms with Gasteiger partial charge < -0.3 is 11.1 Å². The molecule has 0 saturated carbocycles. The Morgan fingerprint density at radius 2 is 2.10 bits per heavy atom. The molecule has 1 atom stereocenters. The van der Waals surface area contributed by atoms with Crippen molar-refractivity contribution < 1.29 is 4.79 Å². The maximum Gasteiger partial charge on any atom is 0.234 e. The molecule has 2 rings (SSSR count). The number of nitrogens with two attached hydrogens (primary N) is 1. The maximum absolute atomic E-state index is 11.9. The van der Waals surface area contributed by atoms with Crippen molar-refractivity contribution in [2.24, 2.45) is 5.73 Å². The highest BCUT2D eigenvalue weighted by Crippen LogP contribution is 2.15. The van der Waals surface area contributed by atoms with Gasteiger partial charge in [0.15, 0.2) is 0 Å². The van der Waals surface area contributed by atoms with Crippen molar-refractivity contribution in [3.63, 3.8) is 0 Å². The summed E-state index contributed by atoms with van der Waals surface area (Å²) in [5, 5.41) is 2.97. The molecule has 112 valence electrons. The smallest absolute Gasteiger partial charge is 0.234 e. The van der Waals surface area contributed by atoms with E-state index in [9.17, 15) is 4.79 Å². The highest BCUT2D eigenvalue weighted by molar-refractivity contribution is 5.85. The zero-order chi connectivity index (χ0) is 13.7. The van der Waals surface area contributed by atoms with Gasteiger partial charge in [0.2, 0.25) is 5.91 Å². The molecule has 1 unspecified atom stereocenters. The second-order valence-electron chi connectivity index (χ2n) is 5.26. The van der Waals surface area contributed by atoms with Gasteiger partial charge >= 0.3 is 0 Å². The summed E-state index contributed by atoms with van der Waals surface area (Å²) >= 11 is 0. The fourth-order valence-corrected chi connectivity index (χ4v) is 2.52. The van der Waals surface area contributed by atoms with E-state index in [0.717, 1.165) is 24.9 Å². The summed E-state index contributed by atoms with van der Waals surface area (Å²) in [5.74, 6) is 0.0842. The van der Waals surface area contributed by atoms with Crippen LogP contribution in [0.4, 0.5) is 0 Å². The molecular formula is C15H24ClN3O. The Morgan fingerprint density at radius 3 is 2.75 bits per heavy atom. The molecule has 1 aliphatic heterocycles. The number of hydrogen-bond acceptors (Lipinski definition) is 3. The van der Waals surface area contributed by atoms with Gasteiger partial charge in [-0.15, -0.1) is 12.4 Å². The molecule has 4 nitrogen and oxygen atoms in total. The predicted molar refractivity (Wildman–Crippen MR) is 83.9 cm³/mol. The van der Waals surface area contributed by atoms with E-state index in [-0.39, 0.29) is 18.3 Å². The van der Waals surface area contributed by atoms with E-state index < -0.39 is 0 Å².